The first-order valence-electron chi connectivity index (χ1n) is 6.51. The van der Waals surface area contributed by atoms with E-state index >= 15 is 0 Å². The lowest BCUT2D eigenvalue weighted by Gasteiger charge is -2.37. The summed E-state index contributed by atoms with van der Waals surface area (Å²) in [6, 6.07) is 9.42. The first kappa shape index (κ1) is 11.4. The second-order valence-electron chi connectivity index (χ2n) is 5.02. The molecule has 2 aliphatic rings. The van der Waals surface area contributed by atoms with E-state index in [1.807, 2.05) is 0 Å². The molecule has 1 saturated heterocycles. The minimum Gasteiger partial charge on any atom is -0.369 e. The summed E-state index contributed by atoms with van der Waals surface area (Å²) in [4.78, 5) is 5.12. The largest absolute Gasteiger partial charge is 0.369 e. The highest BCUT2D eigenvalue weighted by Crippen LogP contribution is 2.29. The van der Waals surface area contributed by atoms with Crippen LogP contribution in [0.25, 0.3) is 0 Å². The molecule has 17 heavy (non-hydrogen) atoms. The third-order valence-electron chi connectivity index (χ3n) is 3.85. The van der Waals surface area contributed by atoms with Crippen molar-refractivity contribution in [3.63, 3.8) is 0 Å². The quantitative estimate of drug-likeness (QED) is 0.762. The summed E-state index contributed by atoms with van der Waals surface area (Å²) in [5.41, 5.74) is 2.59. The first-order chi connectivity index (χ1) is 8.38. The van der Waals surface area contributed by atoms with Crippen molar-refractivity contribution in [2.75, 3.05) is 31.1 Å². The van der Waals surface area contributed by atoms with Gasteiger partial charge >= 0.3 is 0 Å². The van der Waals surface area contributed by atoms with E-state index in [1.165, 1.54) is 37.2 Å². The molecule has 0 N–H and O–H groups in total. The lowest BCUT2D eigenvalue weighted by atomic mass is 10.1. The Kier molecular flexibility index (Phi) is 3.26. The number of alkyl halides is 1. The maximum Gasteiger partial charge on any atom is 0.0494 e. The zero-order valence-electron chi connectivity index (χ0n) is 10.1. The van der Waals surface area contributed by atoms with E-state index in [-0.39, 0.29) is 0 Å². The number of anilines is 1. The summed E-state index contributed by atoms with van der Waals surface area (Å²) < 4.78 is 0. The van der Waals surface area contributed by atoms with Crippen LogP contribution in [0.1, 0.15) is 18.4 Å². The van der Waals surface area contributed by atoms with Crippen molar-refractivity contribution in [1.82, 2.24) is 4.90 Å². The summed E-state index contributed by atoms with van der Waals surface area (Å²) in [6.07, 6.45) is 2.83. The molecule has 3 rings (SSSR count). The van der Waals surface area contributed by atoms with Crippen molar-refractivity contribution in [2.24, 2.45) is 0 Å². The van der Waals surface area contributed by atoms with E-state index in [0.717, 1.165) is 19.1 Å². The molecule has 0 aromatic heterocycles. The Balaban J connectivity index is 1.68. The number of para-hydroxylation sites is 1. The molecule has 3 heteroatoms. The van der Waals surface area contributed by atoms with Gasteiger partial charge in [0.1, 0.15) is 0 Å². The minimum absolute atomic E-state index is 0.610. The highest BCUT2D eigenvalue weighted by atomic mass is 35.5. The Morgan fingerprint density at radius 2 is 1.76 bits per heavy atom. The fourth-order valence-corrected chi connectivity index (χ4v) is 2.93. The summed E-state index contributed by atoms with van der Waals surface area (Å²) in [6.45, 7) is 4.71. The summed E-state index contributed by atoms with van der Waals surface area (Å²) >= 11 is 6.00. The van der Waals surface area contributed by atoms with Gasteiger partial charge in [-0.2, -0.15) is 0 Å². The van der Waals surface area contributed by atoms with Crippen LogP contribution in [0.15, 0.2) is 24.3 Å². The van der Waals surface area contributed by atoms with Crippen LogP contribution in [0.5, 0.6) is 0 Å². The summed E-state index contributed by atoms with van der Waals surface area (Å²) in [5, 5.41) is 0. The van der Waals surface area contributed by atoms with Gasteiger partial charge in [0.05, 0.1) is 0 Å². The van der Waals surface area contributed by atoms with Gasteiger partial charge < -0.3 is 4.90 Å². The molecule has 1 aliphatic carbocycles. The molecule has 1 saturated carbocycles. The number of rotatable bonds is 3. The summed E-state index contributed by atoms with van der Waals surface area (Å²) in [7, 11) is 0. The van der Waals surface area contributed by atoms with Crippen LogP contribution in [0.3, 0.4) is 0 Å². The Hall–Kier alpha value is -0.730. The molecule has 1 aromatic carbocycles. The van der Waals surface area contributed by atoms with Gasteiger partial charge in [0.2, 0.25) is 0 Å². The van der Waals surface area contributed by atoms with E-state index in [4.69, 9.17) is 11.6 Å². The number of nitrogens with zero attached hydrogens (tertiary/aromatic N) is 2. The van der Waals surface area contributed by atoms with Crippen LogP contribution in [-0.4, -0.2) is 37.1 Å². The van der Waals surface area contributed by atoms with Crippen LogP contribution in [0.4, 0.5) is 5.69 Å². The van der Waals surface area contributed by atoms with Gasteiger partial charge in [0.15, 0.2) is 0 Å². The normalized spacial score (nSPS) is 21.8. The van der Waals surface area contributed by atoms with Gasteiger partial charge in [-0.3, -0.25) is 4.90 Å². The van der Waals surface area contributed by atoms with E-state index < -0.39 is 0 Å². The lowest BCUT2D eigenvalue weighted by Crippen LogP contribution is -2.47. The molecular weight excluding hydrogens is 232 g/mol. The molecule has 1 aliphatic heterocycles. The minimum atomic E-state index is 0.610. The Morgan fingerprint density at radius 1 is 1.06 bits per heavy atom. The van der Waals surface area contributed by atoms with Crippen molar-refractivity contribution in [3.05, 3.63) is 29.8 Å². The molecule has 2 fully saturated rings. The molecule has 92 valence electrons. The van der Waals surface area contributed by atoms with Gasteiger partial charge in [0, 0.05) is 43.8 Å². The van der Waals surface area contributed by atoms with Gasteiger partial charge in [-0.1, -0.05) is 18.2 Å². The predicted molar refractivity (Wildman–Crippen MR) is 72.8 cm³/mol. The van der Waals surface area contributed by atoms with Crippen LogP contribution < -0.4 is 4.90 Å². The average molecular weight is 251 g/mol. The van der Waals surface area contributed by atoms with Gasteiger partial charge in [-0.15, -0.1) is 11.6 Å². The van der Waals surface area contributed by atoms with Crippen LogP contribution in [-0.2, 0) is 5.88 Å². The highest BCUT2D eigenvalue weighted by Gasteiger charge is 2.31. The monoisotopic (exact) mass is 250 g/mol. The van der Waals surface area contributed by atoms with E-state index in [0.29, 0.717) is 5.88 Å². The molecule has 2 nitrogen and oxygen atoms in total. The Morgan fingerprint density at radius 3 is 2.41 bits per heavy atom. The standard InChI is InChI=1S/C14H19ClN2/c15-11-12-3-1-2-4-14(12)17-9-7-16(8-10-17)13-5-6-13/h1-4,13H,5-11H2. The lowest BCUT2D eigenvalue weighted by molar-refractivity contribution is 0.248. The second kappa shape index (κ2) is 4.87. The number of hydrogen-bond donors (Lipinski definition) is 0. The molecule has 0 atom stereocenters. The zero-order chi connectivity index (χ0) is 11.7. The number of halogens is 1. The number of piperazine rings is 1. The second-order valence-corrected chi connectivity index (χ2v) is 5.28. The molecule has 1 heterocycles. The fourth-order valence-electron chi connectivity index (χ4n) is 2.70. The molecular formula is C14H19ClN2. The first-order valence-corrected chi connectivity index (χ1v) is 7.05. The van der Waals surface area contributed by atoms with Crippen molar-refractivity contribution >= 4 is 17.3 Å². The molecule has 0 radical (unpaired) electrons. The van der Waals surface area contributed by atoms with Gasteiger partial charge in [-0.05, 0) is 24.5 Å². The zero-order valence-corrected chi connectivity index (χ0v) is 10.9. The molecule has 0 bridgehead atoms. The Labute approximate surface area is 108 Å². The molecule has 0 unspecified atom stereocenters. The third-order valence-corrected chi connectivity index (χ3v) is 4.14. The fraction of sp³-hybridized carbons (Fsp3) is 0.571. The van der Waals surface area contributed by atoms with Crippen molar-refractivity contribution < 1.29 is 0 Å². The van der Waals surface area contributed by atoms with E-state index in [1.54, 1.807) is 0 Å². The van der Waals surface area contributed by atoms with E-state index in [2.05, 4.69) is 34.1 Å². The maximum atomic E-state index is 6.00. The van der Waals surface area contributed by atoms with Crippen molar-refractivity contribution in [2.45, 2.75) is 24.8 Å². The van der Waals surface area contributed by atoms with Crippen molar-refractivity contribution in [3.8, 4) is 0 Å². The van der Waals surface area contributed by atoms with Crippen molar-refractivity contribution in [1.29, 1.82) is 0 Å². The average Bonchev–Trinajstić information content (AvgIpc) is 3.23. The predicted octanol–water partition coefficient (Wildman–Crippen LogP) is 2.71. The Bertz CT molecular complexity index is 382. The topological polar surface area (TPSA) is 6.48 Å². The van der Waals surface area contributed by atoms with Gasteiger partial charge in [0.25, 0.3) is 0 Å². The van der Waals surface area contributed by atoms with Crippen LogP contribution in [0, 0.1) is 0 Å². The third kappa shape index (κ3) is 2.43. The summed E-state index contributed by atoms with van der Waals surface area (Å²) in [5.74, 6) is 0.610. The maximum absolute atomic E-state index is 6.00. The van der Waals surface area contributed by atoms with E-state index in [9.17, 15) is 0 Å². The SMILES string of the molecule is ClCc1ccccc1N1CCN(C2CC2)CC1. The van der Waals surface area contributed by atoms with Crippen LogP contribution in [0.2, 0.25) is 0 Å². The smallest absolute Gasteiger partial charge is 0.0494 e. The van der Waals surface area contributed by atoms with Crippen LogP contribution >= 0.6 is 11.6 Å². The number of hydrogen-bond acceptors (Lipinski definition) is 2. The number of benzene rings is 1. The highest BCUT2D eigenvalue weighted by molar-refractivity contribution is 6.17. The molecule has 1 aromatic rings. The molecule has 0 spiro atoms. The van der Waals surface area contributed by atoms with Gasteiger partial charge in [-0.25, -0.2) is 0 Å². The molecule has 0 amide bonds.